The minimum absolute atomic E-state index is 0.115. The summed E-state index contributed by atoms with van der Waals surface area (Å²) in [5, 5.41) is 15.3. The van der Waals surface area contributed by atoms with E-state index in [-0.39, 0.29) is 11.7 Å². The van der Waals surface area contributed by atoms with Crippen molar-refractivity contribution in [2.45, 2.75) is 5.16 Å². The third-order valence-electron chi connectivity index (χ3n) is 5.05. The van der Waals surface area contributed by atoms with Crippen LogP contribution in [0.15, 0.2) is 58.2 Å². The van der Waals surface area contributed by atoms with Gasteiger partial charge in [-0.1, -0.05) is 33.6 Å². The van der Waals surface area contributed by atoms with Crippen molar-refractivity contribution in [3.8, 4) is 18.0 Å². The molecule has 10 heteroatoms. The zero-order valence-electron chi connectivity index (χ0n) is 17.3. The molecule has 1 saturated heterocycles. The van der Waals surface area contributed by atoms with Gasteiger partial charge >= 0.3 is 0 Å². The van der Waals surface area contributed by atoms with Crippen molar-refractivity contribution >= 4 is 45.0 Å². The van der Waals surface area contributed by atoms with Gasteiger partial charge in [-0.15, -0.1) is 11.5 Å². The second kappa shape index (κ2) is 10.6. The number of benzene rings is 2. The molecule has 0 saturated carbocycles. The van der Waals surface area contributed by atoms with Gasteiger partial charge in [0.25, 0.3) is 0 Å². The number of carbonyl (C=O) groups excluding carboxylic acids is 1. The Hall–Kier alpha value is -2.87. The van der Waals surface area contributed by atoms with Crippen molar-refractivity contribution < 1.29 is 4.79 Å². The number of rotatable bonds is 7. The zero-order valence-corrected chi connectivity index (χ0v) is 19.7. The van der Waals surface area contributed by atoms with Crippen molar-refractivity contribution in [2.75, 3.05) is 48.7 Å². The number of nitrogens with zero attached hydrogens (tertiary/aromatic N) is 6. The van der Waals surface area contributed by atoms with Crippen LogP contribution in [0.2, 0.25) is 0 Å². The molecule has 3 aromatic rings. The minimum atomic E-state index is -0.115. The Labute approximate surface area is 199 Å². The maximum atomic E-state index is 12.4. The molecule has 1 amide bonds. The van der Waals surface area contributed by atoms with Crippen molar-refractivity contribution in [3.63, 3.8) is 0 Å². The van der Waals surface area contributed by atoms with Crippen LogP contribution in [0.5, 0.6) is 0 Å². The number of hydrogen-bond acceptors (Lipinski definition) is 7. The summed E-state index contributed by atoms with van der Waals surface area (Å²) < 4.78 is 2.59. The van der Waals surface area contributed by atoms with Crippen LogP contribution < -0.4 is 10.2 Å². The molecule has 0 spiro atoms. The third kappa shape index (κ3) is 5.68. The molecule has 0 radical (unpaired) electrons. The highest BCUT2D eigenvalue weighted by Crippen LogP contribution is 2.22. The minimum Gasteiger partial charge on any atom is -0.369 e. The molecule has 2 heterocycles. The van der Waals surface area contributed by atoms with Gasteiger partial charge in [0.1, 0.15) is 0 Å². The van der Waals surface area contributed by atoms with Crippen LogP contribution in [0.3, 0.4) is 0 Å². The molecule has 1 aromatic heterocycles. The lowest BCUT2D eigenvalue weighted by Crippen LogP contribution is -2.46. The van der Waals surface area contributed by atoms with Crippen molar-refractivity contribution in [2.24, 2.45) is 0 Å². The molecule has 1 fully saturated rings. The fourth-order valence-electron chi connectivity index (χ4n) is 3.39. The van der Waals surface area contributed by atoms with Crippen molar-refractivity contribution in [1.82, 2.24) is 25.1 Å². The van der Waals surface area contributed by atoms with E-state index in [4.69, 9.17) is 6.42 Å². The van der Waals surface area contributed by atoms with Gasteiger partial charge in [0.15, 0.2) is 0 Å². The largest absolute Gasteiger partial charge is 0.369 e. The molecule has 32 heavy (non-hydrogen) atoms. The van der Waals surface area contributed by atoms with Crippen LogP contribution in [0.4, 0.5) is 11.4 Å². The maximum absolute atomic E-state index is 12.4. The molecule has 1 aliphatic rings. The summed E-state index contributed by atoms with van der Waals surface area (Å²) in [6.45, 7) is 4.50. The van der Waals surface area contributed by atoms with Gasteiger partial charge < -0.3 is 10.2 Å². The summed E-state index contributed by atoms with van der Waals surface area (Å²) in [6, 6.07) is 15.6. The smallest absolute Gasteiger partial charge is 0.234 e. The van der Waals surface area contributed by atoms with Crippen molar-refractivity contribution in [3.05, 3.63) is 53.0 Å². The SMILES string of the molecule is C#CCN1CCN(c2ccc(NC(=O)CSc3nnnn3-c3ccc(Br)cc3)cc2)CC1. The molecule has 2 aromatic carbocycles. The summed E-state index contributed by atoms with van der Waals surface area (Å²) >= 11 is 4.70. The van der Waals surface area contributed by atoms with E-state index in [1.807, 2.05) is 48.5 Å². The number of tetrazole rings is 1. The molecular weight excluding hydrogens is 490 g/mol. The topological polar surface area (TPSA) is 79.2 Å². The van der Waals surface area contributed by atoms with Crippen LogP contribution in [0, 0.1) is 12.3 Å². The fraction of sp³-hybridized carbons (Fsp3) is 0.273. The molecule has 4 rings (SSSR count). The average molecular weight is 512 g/mol. The molecular formula is C22H22BrN7OS. The summed E-state index contributed by atoms with van der Waals surface area (Å²) in [5.41, 5.74) is 2.74. The first-order valence-corrected chi connectivity index (χ1v) is 11.9. The zero-order chi connectivity index (χ0) is 22.3. The number of hydrogen-bond donors (Lipinski definition) is 1. The number of anilines is 2. The van der Waals surface area contributed by atoms with Crippen LogP contribution in [-0.2, 0) is 4.79 Å². The first kappa shape index (κ1) is 22.3. The number of nitrogens with one attached hydrogen (secondary N) is 1. The highest BCUT2D eigenvalue weighted by Gasteiger charge is 2.16. The number of halogens is 1. The van der Waals surface area contributed by atoms with E-state index in [9.17, 15) is 4.79 Å². The third-order valence-corrected chi connectivity index (χ3v) is 6.50. The van der Waals surface area contributed by atoms with Gasteiger partial charge in [0.05, 0.1) is 18.0 Å². The number of thioether (sulfide) groups is 1. The Morgan fingerprint density at radius 3 is 2.44 bits per heavy atom. The monoisotopic (exact) mass is 511 g/mol. The highest BCUT2D eigenvalue weighted by atomic mass is 79.9. The van der Waals surface area contributed by atoms with Gasteiger partial charge in [-0.25, -0.2) is 0 Å². The van der Waals surface area contributed by atoms with E-state index >= 15 is 0 Å². The van der Waals surface area contributed by atoms with E-state index in [0.717, 1.165) is 47.7 Å². The molecule has 1 aliphatic heterocycles. The van der Waals surface area contributed by atoms with Gasteiger partial charge in [-0.3, -0.25) is 9.69 Å². The molecule has 0 atom stereocenters. The Morgan fingerprint density at radius 1 is 1.06 bits per heavy atom. The molecule has 0 unspecified atom stereocenters. The van der Waals surface area contributed by atoms with Gasteiger partial charge in [0.2, 0.25) is 11.1 Å². The lowest BCUT2D eigenvalue weighted by Gasteiger charge is -2.35. The number of carbonyl (C=O) groups is 1. The maximum Gasteiger partial charge on any atom is 0.234 e. The van der Waals surface area contributed by atoms with Crippen LogP contribution >= 0.6 is 27.7 Å². The van der Waals surface area contributed by atoms with Crippen molar-refractivity contribution in [1.29, 1.82) is 0 Å². The normalized spacial score (nSPS) is 14.2. The number of terminal acetylenes is 1. The second-order valence-corrected chi connectivity index (χ2v) is 9.06. The highest BCUT2D eigenvalue weighted by molar-refractivity contribution is 9.10. The molecule has 0 bridgehead atoms. The predicted octanol–water partition coefficient (Wildman–Crippen LogP) is 2.91. The summed E-state index contributed by atoms with van der Waals surface area (Å²) in [4.78, 5) is 17.0. The molecule has 8 nitrogen and oxygen atoms in total. The lowest BCUT2D eigenvalue weighted by molar-refractivity contribution is -0.113. The molecule has 1 N–H and O–H groups in total. The quantitative estimate of drug-likeness (QED) is 0.385. The summed E-state index contributed by atoms with van der Waals surface area (Å²) in [7, 11) is 0. The number of aromatic nitrogens is 4. The van der Waals surface area contributed by atoms with Gasteiger partial charge in [-0.2, -0.15) is 4.68 Å². The van der Waals surface area contributed by atoms with E-state index in [1.54, 1.807) is 4.68 Å². The first-order chi connectivity index (χ1) is 15.6. The average Bonchev–Trinajstić information content (AvgIpc) is 3.28. The Morgan fingerprint density at radius 2 is 1.75 bits per heavy atom. The molecule has 164 valence electrons. The molecule has 0 aliphatic carbocycles. The van der Waals surface area contributed by atoms with Crippen LogP contribution in [-0.4, -0.2) is 69.5 Å². The first-order valence-electron chi connectivity index (χ1n) is 10.1. The number of piperazine rings is 1. The van der Waals surface area contributed by atoms with Crippen LogP contribution in [0.25, 0.3) is 5.69 Å². The Balaban J connectivity index is 1.29. The second-order valence-electron chi connectivity index (χ2n) is 7.20. The Kier molecular flexibility index (Phi) is 7.42. The Bertz CT molecular complexity index is 1090. The summed E-state index contributed by atoms with van der Waals surface area (Å²) in [5.74, 6) is 2.79. The van der Waals surface area contributed by atoms with E-state index in [2.05, 4.69) is 52.5 Å². The predicted molar refractivity (Wildman–Crippen MR) is 130 cm³/mol. The van der Waals surface area contributed by atoms with Gasteiger partial charge in [0, 0.05) is 42.0 Å². The fourth-order valence-corrected chi connectivity index (χ4v) is 4.34. The van der Waals surface area contributed by atoms with E-state index in [1.165, 1.54) is 11.8 Å². The summed E-state index contributed by atoms with van der Waals surface area (Å²) in [6.07, 6.45) is 5.40. The van der Waals surface area contributed by atoms with Gasteiger partial charge in [-0.05, 0) is 59.0 Å². The number of amides is 1. The van der Waals surface area contributed by atoms with E-state index in [0.29, 0.717) is 11.7 Å². The lowest BCUT2D eigenvalue weighted by atomic mass is 10.2. The standard InChI is InChI=1S/C22H22BrN7OS/c1-2-11-28-12-14-29(15-13-28)19-9-5-18(6-10-19)24-21(31)16-32-22-25-26-27-30(22)20-7-3-17(23)4-8-20/h1,3-10H,11-16H2,(H,24,31). The van der Waals surface area contributed by atoms with Crippen LogP contribution in [0.1, 0.15) is 0 Å². The van der Waals surface area contributed by atoms with E-state index < -0.39 is 0 Å².